The number of esters is 2. The van der Waals surface area contributed by atoms with Crippen molar-refractivity contribution in [2.45, 2.75) is 6.92 Å². The minimum absolute atomic E-state index is 0.283. The third-order valence-corrected chi connectivity index (χ3v) is 2.17. The van der Waals surface area contributed by atoms with Gasteiger partial charge in [-0.1, -0.05) is 0 Å². The Morgan fingerprint density at radius 3 is 1.71 bits per heavy atom. The van der Waals surface area contributed by atoms with Crippen LogP contribution in [0.15, 0.2) is 0 Å². The summed E-state index contributed by atoms with van der Waals surface area (Å²) in [4.78, 5) is 36.5. The van der Waals surface area contributed by atoms with Crippen molar-refractivity contribution in [3.05, 3.63) is 0 Å². The van der Waals surface area contributed by atoms with E-state index >= 15 is 0 Å². The van der Waals surface area contributed by atoms with Crippen LogP contribution in [0.4, 0.5) is 4.79 Å². The summed E-state index contributed by atoms with van der Waals surface area (Å²) in [7, 11) is 4.00. The third kappa shape index (κ3) is 5.19. The van der Waals surface area contributed by atoms with Crippen LogP contribution < -0.4 is 0 Å². The van der Waals surface area contributed by atoms with E-state index < -0.39 is 18.0 Å². The molecule has 0 heterocycles. The van der Waals surface area contributed by atoms with Crippen molar-refractivity contribution in [3.8, 4) is 0 Å². The zero-order chi connectivity index (χ0) is 13.4. The first-order chi connectivity index (χ1) is 7.96. The van der Waals surface area contributed by atoms with Gasteiger partial charge in [-0.25, -0.2) is 4.79 Å². The molecule has 0 atom stereocenters. The van der Waals surface area contributed by atoms with Crippen LogP contribution in [0, 0.1) is 0 Å². The highest BCUT2D eigenvalue weighted by molar-refractivity contribution is 5.84. The van der Waals surface area contributed by atoms with E-state index in [4.69, 9.17) is 0 Å². The van der Waals surface area contributed by atoms with Crippen molar-refractivity contribution in [2.75, 3.05) is 40.9 Å². The average molecular weight is 246 g/mol. The van der Waals surface area contributed by atoms with Crippen molar-refractivity contribution in [3.63, 3.8) is 0 Å². The molecule has 0 rings (SSSR count). The van der Waals surface area contributed by atoms with Crippen LogP contribution in [0.2, 0.25) is 0 Å². The third-order valence-electron chi connectivity index (χ3n) is 2.17. The van der Waals surface area contributed by atoms with Gasteiger partial charge in [0.1, 0.15) is 13.1 Å². The molecule has 0 aromatic heterocycles. The average Bonchev–Trinajstić information content (AvgIpc) is 2.35. The molecule has 0 aliphatic heterocycles. The molecule has 7 nitrogen and oxygen atoms in total. The lowest BCUT2D eigenvalue weighted by molar-refractivity contribution is -0.144. The van der Waals surface area contributed by atoms with E-state index in [1.54, 1.807) is 14.0 Å². The molecule has 2 amide bonds. The van der Waals surface area contributed by atoms with Crippen molar-refractivity contribution < 1.29 is 23.9 Å². The summed E-state index contributed by atoms with van der Waals surface area (Å²) in [5, 5.41) is 0. The molecule has 0 bridgehead atoms. The molecule has 17 heavy (non-hydrogen) atoms. The Balaban J connectivity index is 4.65. The highest BCUT2D eigenvalue weighted by Crippen LogP contribution is 1.98. The molecular formula is C10H18N2O5. The molecule has 0 fully saturated rings. The van der Waals surface area contributed by atoms with E-state index in [-0.39, 0.29) is 13.1 Å². The summed E-state index contributed by atoms with van der Waals surface area (Å²) < 4.78 is 8.91. The molecule has 0 aliphatic rings. The lowest BCUT2D eigenvalue weighted by Gasteiger charge is -2.25. The summed E-state index contributed by atoms with van der Waals surface area (Å²) in [5.74, 6) is -1.18. The number of methoxy groups -OCH3 is 2. The molecule has 0 spiro atoms. The topological polar surface area (TPSA) is 76.2 Å². The van der Waals surface area contributed by atoms with Gasteiger partial charge in [-0.3, -0.25) is 9.59 Å². The zero-order valence-corrected chi connectivity index (χ0v) is 10.6. The van der Waals surface area contributed by atoms with E-state index in [1.807, 2.05) is 0 Å². The van der Waals surface area contributed by atoms with Crippen molar-refractivity contribution in [1.82, 2.24) is 9.80 Å². The van der Waals surface area contributed by atoms with E-state index in [9.17, 15) is 14.4 Å². The predicted molar refractivity (Wildman–Crippen MR) is 59.3 cm³/mol. The fourth-order valence-electron chi connectivity index (χ4n) is 1.01. The van der Waals surface area contributed by atoms with Crippen LogP contribution in [-0.2, 0) is 19.1 Å². The smallest absolute Gasteiger partial charge is 0.325 e. The number of carbonyl (C=O) groups is 3. The van der Waals surface area contributed by atoms with Gasteiger partial charge in [0.25, 0.3) is 0 Å². The minimum Gasteiger partial charge on any atom is -0.468 e. The summed E-state index contributed by atoms with van der Waals surface area (Å²) in [6.07, 6.45) is 0. The molecule has 98 valence electrons. The lowest BCUT2D eigenvalue weighted by atomic mass is 10.4. The fourth-order valence-corrected chi connectivity index (χ4v) is 1.01. The number of rotatable bonds is 5. The number of carbonyl (C=O) groups excluding carboxylic acids is 3. The SMILES string of the molecule is CCN(C)C(=O)N(CC(=O)OC)CC(=O)OC. The number of hydrogen-bond donors (Lipinski definition) is 0. The highest BCUT2D eigenvalue weighted by Gasteiger charge is 2.23. The number of amides is 2. The van der Waals surface area contributed by atoms with Crippen LogP contribution in [0.25, 0.3) is 0 Å². The van der Waals surface area contributed by atoms with Gasteiger partial charge in [0, 0.05) is 13.6 Å². The van der Waals surface area contributed by atoms with Crippen molar-refractivity contribution in [1.29, 1.82) is 0 Å². The van der Waals surface area contributed by atoms with Gasteiger partial charge in [-0.2, -0.15) is 0 Å². The number of hydrogen-bond acceptors (Lipinski definition) is 5. The first-order valence-corrected chi connectivity index (χ1v) is 5.09. The normalized spacial score (nSPS) is 9.41. The Labute approximate surface area is 100 Å². The summed E-state index contributed by atoms with van der Waals surface area (Å²) >= 11 is 0. The fraction of sp³-hybridized carbons (Fsp3) is 0.700. The second kappa shape index (κ2) is 7.48. The second-order valence-corrected chi connectivity index (χ2v) is 3.31. The van der Waals surface area contributed by atoms with Crippen LogP contribution in [-0.4, -0.2) is 68.7 Å². The van der Waals surface area contributed by atoms with Crippen molar-refractivity contribution in [2.24, 2.45) is 0 Å². The van der Waals surface area contributed by atoms with Gasteiger partial charge in [-0.15, -0.1) is 0 Å². The molecule has 0 aromatic rings. The standard InChI is InChI=1S/C10H18N2O5/c1-5-11(2)10(15)12(6-8(13)16-3)7-9(14)17-4/h5-7H2,1-4H3. The van der Waals surface area contributed by atoms with Gasteiger partial charge < -0.3 is 19.3 Å². The molecule has 0 saturated carbocycles. The van der Waals surface area contributed by atoms with E-state index in [2.05, 4.69) is 9.47 Å². The lowest BCUT2D eigenvalue weighted by Crippen LogP contribution is -2.46. The van der Waals surface area contributed by atoms with Crippen LogP contribution in [0.1, 0.15) is 6.92 Å². The molecule has 0 saturated heterocycles. The number of nitrogens with zero attached hydrogens (tertiary/aromatic N) is 2. The van der Waals surface area contributed by atoms with Crippen LogP contribution in [0.3, 0.4) is 0 Å². The quantitative estimate of drug-likeness (QED) is 0.623. The Hall–Kier alpha value is -1.79. The number of ether oxygens (including phenoxy) is 2. The first-order valence-electron chi connectivity index (χ1n) is 5.09. The minimum atomic E-state index is -0.591. The monoisotopic (exact) mass is 246 g/mol. The maximum absolute atomic E-state index is 11.8. The van der Waals surface area contributed by atoms with Gasteiger partial charge in [-0.05, 0) is 6.92 Å². The zero-order valence-electron chi connectivity index (χ0n) is 10.6. The van der Waals surface area contributed by atoms with Gasteiger partial charge in [0.15, 0.2) is 0 Å². The molecule has 0 N–H and O–H groups in total. The Bertz CT molecular complexity index is 274. The Morgan fingerprint density at radius 1 is 1.00 bits per heavy atom. The molecule has 7 heteroatoms. The van der Waals surface area contributed by atoms with Gasteiger partial charge in [0.2, 0.25) is 0 Å². The van der Waals surface area contributed by atoms with Gasteiger partial charge in [0.05, 0.1) is 14.2 Å². The first kappa shape index (κ1) is 15.2. The molecular weight excluding hydrogens is 228 g/mol. The maximum atomic E-state index is 11.8. The van der Waals surface area contributed by atoms with E-state index in [0.717, 1.165) is 4.90 Å². The second-order valence-electron chi connectivity index (χ2n) is 3.31. The van der Waals surface area contributed by atoms with Gasteiger partial charge >= 0.3 is 18.0 Å². The highest BCUT2D eigenvalue weighted by atomic mass is 16.5. The molecule has 0 aliphatic carbocycles. The number of urea groups is 1. The summed E-state index contributed by atoms with van der Waals surface area (Å²) in [5.41, 5.74) is 0. The Kier molecular flexibility index (Phi) is 6.69. The molecule has 0 radical (unpaired) electrons. The molecule has 0 unspecified atom stereocenters. The molecule has 0 aromatic carbocycles. The van der Waals surface area contributed by atoms with Crippen LogP contribution in [0.5, 0.6) is 0 Å². The van der Waals surface area contributed by atoms with Crippen LogP contribution >= 0.6 is 0 Å². The van der Waals surface area contributed by atoms with Crippen molar-refractivity contribution >= 4 is 18.0 Å². The van der Waals surface area contributed by atoms with E-state index in [1.165, 1.54) is 19.1 Å². The summed E-state index contributed by atoms with van der Waals surface area (Å²) in [6.45, 7) is 1.69. The maximum Gasteiger partial charge on any atom is 0.325 e. The summed E-state index contributed by atoms with van der Waals surface area (Å²) in [6, 6.07) is -0.427. The van der Waals surface area contributed by atoms with E-state index in [0.29, 0.717) is 6.54 Å². The largest absolute Gasteiger partial charge is 0.468 e. The Morgan fingerprint density at radius 2 is 1.41 bits per heavy atom. The predicted octanol–water partition coefficient (Wildman–Crippen LogP) is -0.294.